The van der Waals surface area contributed by atoms with Crippen molar-refractivity contribution in [1.82, 2.24) is 5.32 Å². The summed E-state index contributed by atoms with van der Waals surface area (Å²) in [5.74, 6) is -0.208. The number of nitrogens with two attached hydrogens (primary N) is 1. The third kappa shape index (κ3) is 2.97. The second kappa shape index (κ2) is 5.85. The molecule has 1 aromatic heterocycles. The lowest BCUT2D eigenvalue weighted by atomic mass is 10.1. The van der Waals surface area contributed by atoms with Gasteiger partial charge in [-0.05, 0) is 44.5 Å². The molecule has 3 N–H and O–H groups in total. The lowest BCUT2D eigenvalue weighted by Crippen LogP contribution is -2.27. The van der Waals surface area contributed by atoms with Crippen LogP contribution in [0.4, 0.5) is 5.69 Å². The number of aryl methyl sites for hydroxylation is 2. The van der Waals surface area contributed by atoms with Crippen LogP contribution in [0.3, 0.4) is 0 Å². The van der Waals surface area contributed by atoms with Gasteiger partial charge in [-0.3, -0.25) is 4.79 Å². The summed E-state index contributed by atoms with van der Waals surface area (Å²) in [5.41, 5.74) is 7.71. The van der Waals surface area contributed by atoms with E-state index in [1.54, 1.807) is 29.5 Å². The molecule has 0 radical (unpaired) electrons. The number of carbonyl (C=O) groups excluding carboxylic acids is 1. The molecule has 0 aliphatic rings. The van der Waals surface area contributed by atoms with Crippen molar-refractivity contribution in [3.8, 4) is 0 Å². The van der Waals surface area contributed by atoms with Crippen LogP contribution in [0, 0.1) is 13.8 Å². The van der Waals surface area contributed by atoms with E-state index in [0.717, 1.165) is 5.56 Å². The summed E-state index contributed by atoms with van der Waals surface area (Å²) < 4.78 is 0. The van der Waals surface area contributed by atoms with Gasteiger partial charge in [-0.25, -0.2) is 0 Å². The number of nitrogen functional groups attached to an aromatic ring is 1. The monoisotopic (exact) mass is 308 g/mol. The Morgan fingerprint density at radius 3 is 2.70 bits per heavy atom. The smallest absolute Gasteiger partial charge is 0.253 e. The highest BCUT2D eigenvalue weighted by atomic mass is 35.5. The van der Waals surface area contributed by atoms with Crippen LogP contribution in [-0.4, -0.2) is 5.91 Å². The quantitative estimate of drug-likeness (QED) is 0.839. The van der Waals surface area contributed by atoms with E-state index in [1.165, 1.54) is 9.75 Å². The first-order valence-electron chi connectivity index (χ1n) is 6.32. The number of thiophene rings is 1. The first-order chi connectivity index (χ1) is 9.40. The van der Waals surface area contributed by atoms with Crippen LogP contribution in [-0.2, 0) is 0 Å². The van der Waals surface area contributed by atoms with Crippen molar-refractivity contribution in [3.63, 3.8) is 0 Å². The van der Waals surface area contributed by atoms with Crippen LogP contribution < -0.4 is 11.1 Å². The largest absolute Gasteiger partial charge is 0.397 e. The van der Waals surface area contributed by atoms with Gasteiger partial charge in [0.25, 0.3) is 5.91 Å². The van der Waals surface area contributed by atoms with Crippen LogP contribution in [0.2, 0.25) is 5.02 Å². The molecule has 106 valence electrons. The van der Waals surface area contributed by atoms with Gasteiger partial charge in [0.1, 0.15) is 0 Å². The fourth-order valence-corrected chi connectivity index (χ4v) is 3.36. The Morgan fingerprint density at radius 2 is 2.10 bits per heavy atom. The third-order valence-corrected chi connectivity index (χ3v) is 4.50. The van der Waals surface area contributed by atoms with Crippen LogP contribution in [0.5, 0.6) is 0 Å². The number of benzene rings is 1. The van der Waals surface area contributed by atoms with Gasteiger partial charge in [0.15, 0.2) is 0 Å². The predicted molar refractivity (Wildman–Crippen MR) is 85.5 cm³/mol. The third-order valence-electron chi connectivity index (χ3n) is 3.19. The van der Waals surface area contributed by atoms with Gasteiger partial charge in [-0.15, -0.1) is 11.3 Å². The van der Waals surface area contributed by atoms with Crippen LogP contribution >= 0.6 is 22.9 Å². The number of para-hydroxylation sites is 1. The minimum atomic E-state index is -0.208. The maximum absolute atomic E-state index is 12.3. The van der Waals surface area contributed by atoms with Crippen molar-refractivity contribution >= 4 is 34.5 Å². The standard InChI is InChI=1S/C15H17ClN2OS/c1-8-7-12(10(3)20-8)9(2)18-15(19)11-5-4-6-13(16)14(11)17/h4-7,9H,17H2,1-3H3,(H,18,19). The van der Waals surface area contributed by atoms with Gasteiger partial charge in [-0.2, -0.15) is 0 Å². The van der Waals surface area contributed by atoms with E-state index in [-0.39, 0.29) is 11.9 Å². The summed E-state index contributed by atoms with van der Waals surface area (Å²) in [4.78, 5) is 14.7. The number of rotatable bonds is 3. The van der Waals surface area contributed by atoms with E-state index >= 15 is 0 Å². The number of nitrogens with one attached hydrogen (secondary N) is 1. The molecule has 1 atom stereocenters. The first kappa shape index (κ1) is 14.9. The highest BCUT2D eigenvalue weighted by Crippen LogP contribution is 2.27. The molecule has 2 rings (SSSR count). The highest BCUT2D eigenvalue weighted by molar-refractivity contribution is 7.12. The molecule has 0 saturated heterocycles. The van der Waals surface area contributed by atoms with E-state index in [0.29, 0.717) is 16.3 Å². The van der Waals surface area contributed by atoms with Gasteiger partial charge in [0.2, 0.25) is 0 Å². The summed E-state index contributed by atoms with van der Waals surface area (Å²) in [6.45, 7) is 6.08. The molecular formula is C15H17ClN2OS. The molecule has 1 unspecified atom stereocenters. The van der Waals surface area contributed by atoms with Gasteiger partial charge in [0, 0.05) is 9.75 Å². The average Bonchev–Trinajstić information content (AvgIpc) is 2.71. The zero-order chi connectivity index (χ0) is 14.9. The topological polar surface area (TPSA) is 55.1 Å². The number of amides is 1. The zero-order valence-electron chi connectivity index (χ0n) is 11.7. The normalized spacial score (nSPS) is 12.2. The number of anilines is 1. The summed E-state index contributed by atoms with van der Waals surface area (Å²) >= 11 is 7.67. The van der Waals surface area contributed by atoms with Crippen molar-refractivity contribution in [2.75, 3.05) is 5.73 Å². The van der Waals surface area contributed by atoms with Crippen molar-refractivity contribution in [3.05, 3.63) is 50.2 Å². The number of halogens is 1. The summed E-state index contributed by atoms with van der Waals surface area (Å²) in [6.07, 6.45) is 0. The Kier molecular flexibility index (Phi) is 4.35. The second-order valence-corrected chi connectivity index (χ2v) is 6.63. The zero-order valence-corrected chi connectivity index (χ0v) is 13.2. The lowest BCUT2D eigenvalue weighted by molar-refractivity contribution is 0.0941. The van der Waals surface area contributed by atoms with E-state index in [2.05, 4.69) is 25.2 Å². The molecule has 0 bridgehead atoms. The van der Waals surface area contributed by atoms with E-state index in [1.807, 2.05) is 6.92 Å². The fourth-order valence-electron chi connectivity index (χ4n) is 2.17. The van der Waals surface area contributed by atoms with Gasteiger partial charge >= 0.3 is 0 Å². The maximum Gasteiger partial charge on any atom is 0.253 e. The molecule has 0 spiro atoms. The molecule has 2 aromatic rings. The molecule has 1 heterocycles. The Morgan fingerprint density at radius 1 is 1.40 bits per heavy atom. The van der Waals surface area contributed by atoms with E-state index in [9.17, 15) is 4.79 Å². The van der Waals surface area contributed by atoms with Crippen molar-refractivity contribution in [1.29, 1.82) is 0 Å². The molecular weight excluding hydrogens is 292 g/mol. The van der Waals surface area contributed by atoms with Gasteiger partial charge < -0.3 is 11.1 Å². The summed E-state index contributed by atoms with van der Waals surface area (Å²) in [6, 6.07) is 7.11. The molecule has 0 aliphatic heterocycles. The Labute approximate surface area is 127 Å². The predicted octanol–water partition coefficient (Wildman–Crippen LogP) is 4.09. The van der Waals surface area contributed by atoms with E-state index in [4.69, 9.17) is 17.3 Å². The lowest BCUT2D eigenvalue weighted by Gasteiger charge is -2.15. The maximum atomic E-state index is 12.3. The van der Waals surface area contributed by atoms with Crippen LogP contribution in [0.25, 0.3) is 0 Å². The number of hydrogen-bond acceptors (Lipinski definition) is 3. The highest BCUT2D eigenvalue weighted by Gasteiger charge is 2.17. The van der Waals surface area contributed by atoms with Crippen molar-refractivity contribution < 1.29 is 4.79 Å². The van der Waals surface area contributed by atoms with Gasteiger partial charge in [0.05, 0.1) is 22.3 Å². The Hall–Kier alpha value is -1.52. The van der Waals surface area contributed by atoms with E-state index < -0.39 is 0 Å². The Bertz CT molecular complexity index is 651. The van der Waals surface area contributed by atoms with Gasteiger partial charge in [-0.1, -0.05) is 17.7 Å². The van der Waals surface area contributed by atoms with Crippen molar-refractivity contribution in [2.24, 2.45) is 0 Å². The van der Waals surface area contributed by atoms with Crippen LogP contribution in [0.1, 0.15) is 38.6 Å². The average molecular weight is 309 g/mol. The minimum absolute atomic E-state index is 0.0640. The SMILES string of the molecule is Cc1cc(C(C)NC(=O)c2cccc(Cl)c2N)c(C)s1. The molecule has 1 aromatic carbocycles. The minimum Gasteiger partial charge on any atom is -0.397 e. The summed E-state index contributed by atoms with van der Waals surface area (Å²) in [7, 11) is 0. The molecule has 1 amide bonds. The number of hydrogen-bond donors (Lipinski definition) is 2. The first-order valence-corrected chi connectivity index (χ1v) is 7.51. The van der Waals surface area contributed by atoms with Crippen molar-refractivity contribution in [2.45, 2.75) is 26.8 Å². The number of carbonyl (C=O) groups is 1. The molecule has 0 saturated carbocycles. The molecule has 3 nitrogen and oxygen atoms in total. The molecule has 0 aliphatic carbocycles. The van der Waals surface area contributed by atoms with Crippen LogP contribution in [0.15, 0.2) is 24.3 Å². The molecule has 5 heteroatoms. The summed E-state index contributed by atoms with van der Waals surface area (Å²) in [5, 5.41) is 3.36. The Balaban J connectivity index is 2.19. The molecule has 20 heavy (non-hydrogen) atoms. The fraction of sp³-hybridized carbons (Fsp3) is 0.267. The second-order valence-electron chi connectivity index (χ2n) is 4.76. The molecule has 0 fully saturated rings.